The van der Waals surface area contributed by atoms with Gasteiger partial charge in [-0.25, -0.2) is 0 Å². The Kier molecular flexibility index (Phi) is 7.69. The van der Waals surface area contributed by atoms with Crippen LogP contribution in [0, 0.1) is 0 Å². The van der Waals surface area contributed by atoms with Crippen LogP contribution >= 0.6 is 11.8 Å². The molecule has 4 rings (SSSR count). The van der Waals surface area contributed by atoms with Crippen molar-refractivity contribution in [1.82, 2.24) is 14.8 Å². The average molecular weight is 477 g/mol. The van der Waals surface area contributed by atoms with E-state index in [4.69, 9.17) is 9.15 Å². The average Bonchev–Trinajstić information content (AvgIpc) is 3.53. The molecule has 0 aliphatic rings. The van der Waals surface area contributed by atoms with Gasteiger partial charge < -0.3 is 14.5 Å². The number of thioether (sulfide) groups is 1. The molecule has 0 spiro atoms. The fourth-order valence-electron chi connectivity index (χ4n) is 3.63. The zero-order valence-corrected chi connectivity index (χ0v) is 20.3. The number of aromatic nitrogens is 3. The molecule has 0 saturated heterocycles. The second-order valence-electron chi connectivity index (χ2n) is 7.93. The van der Waals surface area contributed by atoms with Crippen LogP contribution in [-0.2, 0) is 11.3 Å². The Labute approximate surface area is 203 Å². The molecular formula is C26H28N4O3S. The number of rotatable bonds is 10. The number of carbonyl (C=O) groups is 1. The maximum atomic E-state index is 12.8. The molecule has 0 unspecified atom stereocenters. The van der Waals surface area contributed by atoms with Crippen molar-refractivity contribution in [3.05, 3.63) is 78.3 Å². The Morgan fingerprint density at radius 1 is 1.12 bits per heavy atom. The van der Waals surface area contributed by atoms with Gasteiger partial charge in [0.15, 0.2) is 11.0 Å². The quantitative estimate of drug-likeness (QED) is 0.290. The molecule has 0 saturated carbocycles. The topological polar surface area (TPSA) is 82.2 Å². The number of hydrogen-bond acceptors (Lipinski definition) is 6. The maximum absolute atomic E-state index is 12.8. The van der Waals surface area contributed by atoms with Crippen LogP contribution in [-0.4, -0.2) is 33.5 Å². The second kappa shape index (κ2) is 11.1. The van der Waals surface area contributed by atoms with Gasteiger partial charge in [-0.2, -0.15) is 0 Å². The molecule has 7 nitrogen and oxygen atoms in total. The molecule has 0 aliphatic carbocycles. The third-order valence-corrected chi connectivity index (χ3v) is 6.64. The van der Waals surface area contributed by atoms with Gasteiger partial charge in [-0.15, -0.1) is 10.2 Å². The molecule has 2 aromatic heterocycles. The summed E-state index contributed by atoms with van der Waals surface area (Å²) in [6.45, 7) is 4.77. The summed E-state index contributed by atoms with van der Waals surface area (Å²) in [6.07, 6.45) is 2.65. The van der Waals surface area contributed by atoms with Gasteiger partial charge in [0.1, 0.15) is 11.5 Å². The molecule has 1 N–H and O–H groups in total. The van der Waals surface area contributed by atoms with Gasteiger partial charge in [-0.3, -0.25) is 9.36 Å². The lowest BCUT2D eigenvalue weighted by molar-refractivity contribution is -0.113. The number of nitrogens with zero attached hydrogens (tertiary/aromatic N) is 3. The summed E-state index contributed by atoms with van der Waals surface area (Å²) < 4.78 is 12.8. The molecule has 2 heterocycles. The highest BCUT2D eigenvalue weighted by molar-refractivity contribution is 7.99. The third kappa shape index (κ3) is 5.51. The number of ether oxygens (including phenoxy) is 1. The van der Waals surface area contributed by atoms with E-state index in [9.17, 15) is 4.79 Å². The zero-order chi connectivity index (χ0) is 23.9. The minimum absolute atomic E-state index is 0.0840. The summed E-state index contributed by atoms with van der Waals surface area (Å²) in [5.41, 5.74) is 2.91. The minimum Gasteiger partial charge on any atom is -0.497 e. The number of methoxy groups -OCH3 is 1. The lowest BCUT2D eigenvalue weighted by atomic mass is 9.97. The van der Waals surface area contributed by atoms with E-state index in [1.54, 1.807) is 13.4 Å². The number of benzene rings is 2. The molecule has 0 bridgehead atoms. The highest BCUT2D eigenvalue weighted by Gasteiger charge is 2.18. The molecule has 34 heavy (non-hydrogen) atoms. The number of para-hydroxylation sites is 1. The first-order valence-electron chi connectivity index (χ1n) is 11.2. The molecule has 2 aromatic carbocycles. The second-order valence-corrected chi connectivity index (χ2v) is 8.88. The summed E-state index contributed by atoms with van der Waals surface area (Å²) >= 11 is 1.35. The fraction of sp³-hybridized carbons (Fsp3) is 0.269. The van der Waals surface area contributed by atoms with E-state index in [0.29, 0.717) is 23.4 Å². The largest absolute Gasteiger partial charge is 0.497 e. The predicted octanol–water partition coefficient (Wildman–Crippen LogP) is 5.84. The van der Waals surface area contributed by atoms with Crippen molar-refractivity contribution in [3.8, 4) is 17.1 Å². The molecule has 176 valence electrons. The van der Waals surface area contributed by atoms with Crippen LogP contribution in [0.3, 0.4) is 0 Å². The highest BCUT2D eigenvalue weighted by atomic mass is 32.2. The Balaban J connectivity index is 1.52. The summed E-state index contributed by atoms with van der Waals surface area (Å²) in [6, 6.07) is 19.4. The van der Waals surface area contributed by atoms with Gasteiger partial charge >= 0.3 is 0 Å². The van der Waals surface area contributed by atoms with Crippen molar-refractivity contribution in [2.75, 3.05) is 18.2 Å². The highest BCUT2D eigenvalue weighted by Crippen LogP contribution is 2.29. The van der Waals surface area contributed by atoms with Gasteiger partial charge in [-0.1, -0.05) is 43.8 Å². The van der Waals surface area contributed by atoms with E-state index < -0.39 is 0 Å². The van der Waals surface area contributed by atoms with E-state index in [1.165, 1.54) is 11.8 Å². The SMILES string of the molecule is CC[C@@H](C)c1ccccc1NC(=O)CSc1nnc(-c2ccc(OC)cc2)n1Cc1ccco1. The van der Waals surface area contributed by atoms with Crippen LogP contribution in [0.15, 0.2) is 76.5 Å². The smallest absolute Gasteiger partial charge is 0.234 e. The van der Waals surface area contributed by atoms with Gasteiger partial charge in [0, 0.05) is 11.3 Å². The molecule has 4 aromatic rings. The number of amides is 1. The minimum atomic E-state index is -0.0840. The molecule has 1 amide bonds. The van der Waals surface area contributed by atoms with E-state index in [-0.39, 0.29) is 11.7 Å². The molecule has 0 radical (unpaired) electrons. The van der Waals surface area contributed by atoms with Gasteiger partial charge in [-0.05, 0) is 60.4 Å². The summed E-state index contributed by atoms with van der Waals surface area (Å²) in [4.78, 5) is 12.8. The van der Waals surface area contributed by atoms with Crippen molar-refractivity contribution in [3.63, 3.8) is 0 Å². The maximum Gasteiger partial charge on any atom is 0.234 e. The van der Waals surface area contributed by atoms with E-state index >= 15 is 0 Å². The van der Waals surface area contributed by atoms with Gasteiger partial charge in [0.2, 0.25) is 5.91 Å². The van der Waals surface area contributed by atoms with Crippen LogP contribution in [0.5, 0.6) is 5.75 Å². The summed E-state index contributed by atoms with van der Waals surface area (Å²) in [7, 11) is 1.63. The Morgan fingerprint density at radius 2 is 1.91 bits per heavy atom. The Hall–Kier alpha value is -3.52. The van der Waals surface area contributed by atoms with Gasteiger partial charge in [0.25, 0.3) is 0 Å². The van der Waals surface area contributed by atoms with E-state index in [0.717, 1.165) is 34.7 Å². The molecule has 0 aliphatic heterocycles. The van der Waals surface area contributed by atoms with E-state index in [1.807, 2.05) is 59.2 Å². The number of furan rings is 1. The monoisotopic (exact) mass is 476 g/mol. The first-order valence-corrected chi connectivity index (χ1v) is 12.2. The van der Waals surface area contributed by atoms with Crippen molar-refractivity contribution in [2.24, 2.45) is 0 Å². The molecule has 1 atom stereocenters. The lowest BCUT2D eigenvalue weighted by Crippen LogP contribution is -2.16. The summed E-state index contributed by atoms with van der Waals surface area (Å²) in [5.74, 6) is 2.75. The Bertz CT molecular complexity index is 1220. The normalized spacial score (nSPS) is 11.9. The predicted molar refractivity (Wildman–Crippen MR) is 134 cm³/mol. The number of carbonyl (C=O) groups excluding carboxylic acids is 1. The fourth-order valence-corrected chi connectivity index (χ4v) is 4.36. The van der Waals surface area contributed by atoms with Gasteiger partial charge in [0.05, 0.1) is 25.7 Å². The van der Waals surface area contributed by atoms with Crippen molar-refractivity contribution < 1.29 is 13.9 Å². The van der Waals surface area contributed by atoms with E-state index in [2.05, 4.69) is 35.4 Å². The standard InChI is InChI=1S/C26H28N4O3S/c1-4-18(2)22-9-5-6-10-23(22)27-24(31)17-34-26-29-28-25(19-11-13-20(32-3)14-12-19)30(26)16-21-8-7-15-33-21/h5-15,18H,4,16-17H2,1-3H3,(H,27,31)/t18-/m1/s1. The molecular weight excluding hydrogens is 448 g/mol. The van der Waals surface area contributed by atoms with Crippen LogP contribution in [0.2, 0.25) is 0 Å². The Morgan fingerprint density at radius 3 is 2.62 bits per heavy atom. The van der Waals surface area contributed by atoms with Crippen LogP contribution in [0.4, 0.5) is 5.69 Å². The van der Waals surface area contributed by atoms with Crippen LogP contribution < -0.4 is 10.1 Å². The van der Waals surface area contributed by atoms with Crippen molar-refractivity contribution in [2.45, 2.75) is 37.9 Å². The summed E-state index contributed by atoms with van der Waals surface area (Å²) in [5, 5.41) is 12.5. The van der Waals surface area contributed by atoms with Crippen molar-refractivity contribution in [1.29, 1.82) is 0 Å². The first kappa shape index (κ1) is 23.6. The number of anilines is 1. The van der Waals surface area contributed by atoms with Crippen LogP contribution in [0.25, 0.3) is 11.4 Å². The molecule has 8 heteroatoms. The number of hydrogen-bond donors (Lipinski definition) is 1. The third-order valence-electron chi connectivity index (χ3n) is 5.67. The van der Waals surface area contributed by atoms with Crippen molar-refractivity contribution >= 4 is 23.4 Å². The number of nitrogens with one attached hydrogen (secondary N) is 1. The molecule has 0 fully saturated rings. The lowest BCUT2D eigenvalue weighted by Gasteiger charge is -2.15. The first-order chi connectivity index (χ1) is 16.6. The van der Waals surface area contributed by atoms with Crippen LogP contribution in [0.1, 0.15) is 37.5 Å². The zero-order valence-electron chi connectivity index (χ0n) is 19.5.